The molecule has 4 saturated carbocycles. The third kappa shape index (κ3) is 3.36. The van der Waals surface area contributed by atoms with Gasteiger partial charge in [-0.25, -0.2) is 4.39 Å². The van der Waals surface area contributed by atoms with Gasteiger partial charge in [0.1, 0.15) is 11.2 Å². The number of benzene rings is 1. The zero-order valence-electron chi connectivity index (χ0n) is 16.5. The van der Waals surface area contributed by atoms with Crippen LogP contribution in [0, 0.1) is 29.0 Å². The lowest BCUT2D eigenvalue weighted by Crippen LogP contribution is -2.63. The van der Waals surface area contributed by atoms with Gasteiger partial charge in [0.2, 0.25) is 11.8 Å². The number of hydrogen-bond donors (Lipinski definition) is 2. The molecule has 5 aliphatic rings. The topological polar surface area (TPSA) is 75.4 Å². The average molecular weight is 418 g/mol. The highest BCUT2D eigenvalue weighted by Crippen LogP contribution is 2.60. The first-order valence-electron chi connectivity index (χ1n) is 10.6. The Morgan fingerprint density at radius 2 is 1.93 bits per heavy atom. The summed E-state index contributed by atoms with van der Waals surface area (Å²) in [5.41, 5.74) is 6.07. The van der Waals surface area contributed by atoms with Gasteiger partial charge in [-0.3, -0.25) is 14.5 Å². The second kappa shape index (κ2) is 7.27. The first-order chi connectivity index (χ1) is 13.9. The molecule has 3 atom stereocenters. The van der Waals surface area contributed by atoms with E-state index in [4.69, 9.17) is 5.73 Å². The van der Waals surface area contributed by atoms with Crippen LogP contribution in [0.15, 0.2) is 24.3 Å². The summed E-state index contributed by atoms with van der Waals surface area (Å²) >= 11 is 1.63. The fraction of sp³-hybridized carbons (Fsp3) is 0.636. The predicted molar refractivity (Wildman–Crippen MR) is 110 cm³/mol. The number of nitrogens with two attached hydrogens (primary N) is 1. The molecule has 1 aliphatic heterocycles. The van der Waals surface area contributed by atoms with Gasteiger partial charge < -0.3 is 11.1 Å². The lowest BCUT2D eigenvalue weighted by molar-refractivity contribution is -0.147. The van der Waals surface area contributed by atoms with E-state index in [0.717, 1.165) is 44.4 Å². The standard InChI is InChI=1S/C22H28FN3O2S/c23-17-4-2-1-3-14(17)12-26-5-6-29-20(26)19(27)25-18-15-7-13-8-16(18)11-22(9-13,10-15)21(24)28/h1-4,13,15-16,18,20H,5-12H2,(H2,24,28)(H,25,27). The van der Waals surface area contributed by atoms with Crippen LogP contribution in [-0.2, 0) is 16.1 Å². The average Bonchev–Trinajstić information content (AvgIpc) is 3.14. The normalized spacial score (nSPS) is 38.3. The molecular weight excluding hydrogens is 389 g/mol. The number of primary amides is 1. The first kappa shape index (κ1) is 19.4. The fourth-order valence-electron chi connectivity index (χ4n) is 6.55. The van der Waals surface area contributed by atoms with Gasteiger partial charge in [-0.15, -0.1) is 11.8 Å². The molecule has 3 N–H and O–H groups in total. The van der Waals surface area contributed by atoms with Crippen molar-refractivity contribution in [2.24, 2.45) is 28.9 Å². The van der Waals surface area contributed by atoms with Gasteiger partial charge in [-0.05, 0) is 55.9 Å². The lowest BCUT2D eigenvalue weighted by Gasteiger charge is -2.58. The maximum absolute atomic E-state index is 14.1. The first-order valence-corrected chi connectivity index (χ1v) is 11.7. The summed E-state index contributed by atoms with van der Waals surface area (Å²) in [6.07, 6.45) is 4.75. The molecule has 29 heavy (non-hydrogen) atoms. The van der Waals surface area contributed by atoms with Crippen LogP contribution in [0.3, 0.4) is 0 Å². The monoisotopic (exact) mass is 417 g/mol. The number of rotatable bonds is 5. The molecule has 0 radical (unpaired) electrons. The van der Waals surface area contributed by atoms with Gasteiger partial charge in [0.25, 0.3) is 0 Å². The van der Waals surface area contributed by atoms with Crippen molar-refractivity contribution in [1.29, 1.82) is 0 Å². The van der Waals surface area contributed by atoms with E-state index in [0.29, 0.717) is 29.9 Å². The van der Waals surface area contributed by atoms with Crippen molar-refractivity contribution in [2.45, 2.75) is 50.1 Å². The smallest absolute Gasteiger partial charge is 0.247 e. The van der Waals surface area contributed by atoms with Gasteiger partial charge in [0, 0.05) is 35.9 Å². The number of carbonyl (C=O) groups excluding carboxylic acids is 2. The molecule has 4 aliphatic carbocycles. The van der Waals surface area contributed by atoms with Crippen molar-refractivity contribution >= 4 is 23.6 Å². The van der Waals surface area contributed by atoms with Crippen LogP contribution in [0.25, 0.3) is 0 Å². The van der Waals surface area contributed by atoms with Crippen molar-refractivity contribution < 1.29 is 14.0 Å². The van der Waals surface area contributed by atoms with E-state index in [1.165, 1.54) is 6.07 Å². The molecule has 1 aromatic rings. The van der Waals surface area contributed by atoms with E-state index < -0.39 is 0 Å². The Bertz CT molecular complexity index is 818. The van der Waals surface area contributed by atoms with Crippen LogP contribution in [0.4, 0.5) is 4.39 Å². The minimum absolute atomic E-state index is 0.0365. The summed E-state index contributed by atoms with van der Waals surface area (Å²) in [5.74, 6) is 1.82. The quantitative estimate of drug-likeness (QED) is 0.772. The molecule has 2 amide bonds. The molecule has 5 fully saturated rings. The maximum atomic E-state index is 14.1. The highest BCUT2D eigenvalue weighted by Gasteiger charge is 2.58. The predicted octanol–water partition coefficient (Wildman–Crippen LogP) is 2.50. The molecule has 1 aromatic carbocycles. The Labute approximate surface area is 175 Å². The lowest BCUT2D eigenvalue weighted by atomic mass is 9.47. The second-order valence-corrected chi connectivity index (χ2v) is 10.6. The SMILES string of the molecule is NC(=O)C12CC3CC(C1)C(NC(=O)C1SCCN1Cc1ccccc1F)C(C3)C2. The largest absolute Gasteiger partial charge is 0.369 e. The third-order valence-electron chi connectivity index (χ3n) is 7.65. The molecule has 1 saturated heterocycles. The van der Waals surface area contributed by atoms with E-state index >= 15 is 0 Å². The highest BCUT2D eigenvalue weighted by molar-refractivity contribution is 8.00. The van der Waals surface area contributed by atoms with E-state index in [-0.39, 0.29) is 34.5 Å². The number of nitrogens with zero attached hydrogens (tertiary/aromatic N) is 1. The van der Waals surface area contributed by atoms with E-state index in [1.807, 2.05) is 6.07 Å². The fourth-order valence-corrected chi connectivity index (χ4v) is 7.72. The molecule has 156 valence electrons. The van der Waals surface area contributed by atoms with Crippen LogP contribution >= 0.6 is 11.8 Å². The number of amides is 2. The summed E-state index contributed by atoms with van der Waals surface area (Å²) in [6, 6.07) is 6.92. The number of nitrogens with one attached hydrogen (secondary N) is 1. The molecule has 1 heterocycles. The van der Waals surface area contributed by atoms with E-state index in [1.54, 1.807) is 23.9 Å². The minimum atomic E-state index is -0.337. The van der Waals surface area contributed by atoms with Crippen LogP contribution in [0.5, 0.6) is 0 Å². The molecule has 0 spiro atoms. The molecule has 5 nitrogen and oxygen atoms in total. The van der Waals surface area contributed by atoms with Gasteiger partial charge in [0.15, 0.2) is 0 Å². The molecule has 0 aromatic heterocycles. The Morgan fingerprint density at radius 3 is 2.62 bits per heavy atom. The summed E-state index contributed by atoms with van der Waals surface area (Å²) < 4.78 is 14.1. The van der Waals surface area contributed by atoms with Crippen LogP contribution in [-0.4, -0.2) is 40.4 Å². The summed E-state index contributed by atoms with van der Waals surface area (Å²) in [5, 5.41) is 3.06. The van der Waals surface area contributed by atoms with Crippen molar-refractivity contribution in [1.82, 2.24) is 10.2 Å². The Kier molecular flexibility index (Phi) is 4.86. The summed E-state index contributed by atoms with van der Waals surface area (Å²) in [7, 11) is 0. The van der Waals surface area contributed by atoms with Crippen molar-refractivity contribution in [3.05, 3.63) is 35.6 Å². The van der Waals surface area contributed by atoms with Gasteiger partial charge >= 0.3 is 0 Å². The number of hydrogen-bond acceptors (Lipinski definition) is 4. The Hall–Kier alpha value is -1.60. The zero-order chi connectivity index (χ0) is 20.2. The summed E-state index contributed by atoms with van der Waals surface area (Å²) in [4.78, 5) is 27.4. The Morgan fingerprint density at radius 1 is 1.21 bits per heavy atom. The maximum Gasteiger partial charge on any atom is 0.247 e. The summed E-state index contributed by atoms with van der Waals surface area (Å²) in [6.45, 7) is 1.23. The van der Waals surface area contributed by atoms with Crippen molar-refractivity contribution in [3.8, 4) is 0 Å². The third-order valence-corrected chi connectivity index (χ3v) is 8.89. The van der Waals surface area contributed by atoms with E-state index in [9.17, 15) is 14.0 Å². The number of thioether (sulfide) groups is 1. The van der Waals surface area contributed by atoms with Gasteiger partial charge in [0.05, 0.1) is 0 Å². The van der Waals surface area contributed by atoms with Gasteiger partial charge in [-0.1, -0.05) is 18.2 Å². The van der Waals surface area contributed by atoms with E-state index in [2.05, 4.69) is 10.2 Å². The van der Waals surface area contributed by atoms with Crippen LogP contribution < -0.4 is 11.1 Å². The molecule has 7 heteroatoms. The highest BCUT2D eigenvalue weighted by atomic mass is 32.2. The van der Waals surface area contributed by atoms with Crippen molar-refractivity contribution in [3.63, 3.8) is 0 Å². The molecular formula is C22H28FN3O2S. The second-order valence-electron chi connectivity index (χ2n) is 9.43. The molecule has 6 rings (SSSR count). The van der Waals surface area contributed by atoms with Crippen molar-refractivity contribution in [2.75, 3.05) is 12.3 Å². The number of halogens is 1. The van der Waals surface area contributed by atoms with Crippen LogP contribution in [0.2, 0.25) is 0 Å². The Balaban J connectivity index is 1.27. The van der Waals surface area contributed by atoms with Crippen LogP contribution in [0.1, 0.15) is 37.7 Å². The molecule has 3 unspecified atom stereocenters. The zero-order valence-corrected chi connectivity index (χ0v) is 17.3. The minimum Gasteiger partial charge on any atom is -0.369 e. The number of carbonyl (C=O) groups is 2. The van der Waals surface area contributed by atoms with Gasteiger partial charge in [-0.2, -0.15) is 0 Å². The molecule has 4 bridgehead atoms.